The maximum atomic E-state index is 12.5. The largest absolute Gasteiger partial charge is 0.493 e. The average molecular weight is 412 g/mol. The zero-order valence-corrected chi connectivity index (χ0v) is 17.0. The van der Waals surface area contributed by atoms with E-state index in [1.807, 2.05) is 18.2 Å². The van der Waals surface area contributed by atoms with Crippen molar-refractivity contribution < 1.29 is 28.2 Å². The molecule has 1 aliphatic heterocycles. The number of hydrogen-bond acceptors (Lipinski definition) is 7. The molecule has 0 bridgehead atoms. The highest BCUT2D eigenvalue weighted by Crippen LogP contribution is 2.29. The lowest BCUT2D eigenvalue weighted by molar-refractivity contribution is -0.0855. The number of ether oxygens (including phenoxy) is 4. The molecule has 0 saturated carbocycles. The van der Waals surface area contributed by atoms with Gasteiger partial charge >= 0.3 is 0 Å². The van der Waals surface area contributed by atoms with Crippen LogP contribution in [0.3, 0.4) is 0 Å². The number of carbonyl (C=O) groups excluding carboxylic acids is 1. The molecule has 4 rings (SSSR count). The highest BCUT2D eigenvalue weighted by molar-refractivity contribution is 5.97. The van der Waals surface area contributed by atoms with E-state index in [0.717, 1.165) is 5.56 Å². The summed E-state index contributed by atoms with van der Waals surface area (Å²) >= 11 is 0. The van der Waals surface area contributed by atoms with Crippen LogP contribution < -0.4 is 14.8 Å². The number of methoxy groups -OCH3 is 2. The minimum absolute atomic E-state index is 0.121. The van der Waals surface area contributed by atoms with Gasteiger partial charge in [0.1, 0.15) is 5.52 Å². The normalized spacial score (nSPS) is 16.4. The molecule has 30 heavy (non-hydrogen) atoms. The monoisotopic (exact) mass is 412 g/mol. The summed E-state index contributed by atoms with van der Waals surface area (Å²) in [6.07, 6.45) is 0.375. The number of rotatable bonds is 7. The minimum atomic E-state index is -0.191. The maximum absolute atomic E-state index is 12.5. The molecule has 0 aliphatic carbocycles. The van der Waals surface area contributed by atoms with Gasteiger partial charge in [0, 0.05) is 18.5 Å². The van der Waals surface area contributed by atoms with E-state index >= 15 is 0 Å². The molecule has 1 aliphatic rings. The molecule has 1 saturated heterocycles. The summed E-state index contributed by atoms with van der Waals surface area (Å²) in [7, 11) is 3.20. The Bertz CT molecular complexity index is 1030. The van der Waals surface area contributed by atoms with Gasteiger partial charge in [0.05, 0.1) is 40.1 Å². The van der Waals surface area contributed by atoms with E-state index < -0.39 is 0 Å². The number of aromatic nitrogens is 1. The van der Waals surface area contributed by atoms with Crippen molar-refractivity contribution in [1.82, 2.24) is 10.3 Å². The fourth-order valence-corrected chi connectivity index (χ4v) is 3.32. The zero-order chi connectivity index (χ0) is 20.9. The SMILES string of the molecule is COc1ccc(Cc2nc3ccc(C(=O)NC[C@@H]4COCCO4)cc3o2)cc1OC. The van der Waals surface area contributed by atoms with Crippen LogP contribution >= 0.6 is 0 Å². The first-order valence-corrected chi connectivity index (χ1v) is 9.74. The van der Waals surface area contributed by atoms with E-state index in [1.54, 1.807) is 32.4 Å². The van der Waals surface area contributed by atoms with Crippen LogP contribution in [0.4, 0.5) is 0 Å². The van der Waals surface area contributed by atoms with E-state index in [1.165, 1.54) is 0 Å². The van der Waals surface area contributed by atoms with Gasteiger partial charge in [-0.2, -0.15) is 0 Å². The third-order valence-electron chi connectivity index (χ3n) is 4.87. The molecule has 0 unspecified atom stereocenters. The van der Waals surface area contributed by atoms with Gasteiger partial charge in [-0.1, -0.05) is 6.07 Å². The predicted octanol–water partition coefficient (Wildman–Crippen LogP) is 2.58. The Labute approximate surface area is 174 Å². The standard InChI is InChI=1S/C22H24N2O6/c1-26-18-6-3-14(9-20(18)27-2)10-21-24-17-5-4-15(11-19(17)30-21)22(25)23-12-16-13-28-7-8-29-16/h3-6,9,11,16H,7-8,10,12-13H2,1-2H3,(H,23,25)/t16-/m1/s1. The second kappa shape index (κ2) is 9.15. The number of nitrogens with zero attached hydrogens (tertiary/aromatic N) is 1. The molecule has 2 heterocycles. The first-order chi connectivity index (χ1) is 14.7. The van der Waals surface area contributed by atoms with Crippen LogP contribution in [-0.4, -0.2) is 57.6 Å². The Morgan fingerprint density at radius 2 is 2.00 bits per heavy atom. The van der Waals surface area contributed by atoms with Crippen LogP contribution in [0.2, 0.25) is 0 Å². The fraction of sp³-hybridized carbons (Fsp3) is 0.364. The summed E-state index contributed by atoms with van der Waals surface area (Å²) in [6.45, 7) is 2.03. The van der Waals surface area contributed by atoms with E-state index in [2.05, 4.69) is 10.3 Å². The Morgan fingerprint density at radius 1 is 1.13 bits per heavy atom. The van der Waals surface area contributed by atoms with Crippen LogP contribution in [0.1, 0.15) is 21.8 Å². The second-order valence-corrected chi connectivity index (χ2v) is 6.93. The number of carbonyl (C=O) groups is 1. The van der Waals surface area contributed by atoms with E-state index in [4.69, 9.17) is 23.4 Å². The highest BCUT2D eigenvalue weighted by atomic mass is 16.6. The number of benzene rings is 2. The molecular formula is C22H24N2O6. The molecule has 1 fully saturated rings. The van der Waals surface area contributed by atoms with Crippen molar-refractivity contribution >= 4 is 17.0 Å². The van der Waals surface area contributed by atoms with Crippen molar-refractivity contribution in [2.24, 2.45) is 0 Å². The Kier molecular flexibility index (Phi) is 6.15. The molecule has 8 nitrogen and oxygen atoms in total. The van der Waals surface area contributed by atoms with Gasteiger partial charge in [-0.25, -0.2) is 4.98 Å². The zero-order valence-electron chi connectivity index (χ0n) is 17.0. The van der Waals surface area contributed by atoms with E-state index in [0.29, 0.717) is 66.8 Å². The molecule has 158 valence electrons. The lowest BCUT2D eigenvalue weighted by atomic mass is 10.1. The number of fused-ring (bicyclic) bond motifs is 1. The Balaban J connectivity index is 1.45. The summed E-state index contributed by atoms with van der Waals surface area (Å²) in [6, 6.07) is 10.9. The summed E-state index contributed by atoms with van der Waals surface area (Å²) in [5.41, 5.74) is 2.75. The van der Waals surface area contributed by atoms with Crippen LogP contribution in [0.25, 0.3) is 11.1 Å². The fourth-order valence-electron chi connectivity index (χ4n) is 3.32. The summed E-state index contributed by atoms with van der Waals surface area (Å²) < 4.78 is 27.4. The topological polar surface area (TPSA) is 92.1 Å². The second-order valence-electron chi connectivity index (χ2n) is 6.93. The molecular weight excluding hydrogens is 388 g/mol. The van der Waals surface area contributed by atoms with Crippen molar-refractivity contribution in [1.29, 1.82) is 0 Å². The van der Waals surface area contributed by atoms with E-state index in [-0.39, 0.29) is 12.0 Å². The molecule has 1 amide bonds. The van der Waals surface area contributed by atoms with Gasteiger partial charge in [-0.05, 0) is 35.9 Å². The first kappa shape index (κ1) is 20.2. The quantitative estimate of drug-likeness (QED) is 0.638. The van der Waals surface area contributed by atoms with Gasteiger partial charge in [-0.15, -0.1) is 0 Å². The molecule has 2 aromatic carbocycles. The van der Waals surface area contributed by atoms with Crippen molar-refractivity contribution in [3.8, 4) is 11.5 Å². The Morgan fingerprint density at radius 3 is 2.77 bits per heavy atom. The molecule has 3 aromatic rings. The number of hydrogen-bond donors (Lipinski definition) is 1. The maximum Gasteiger partial charge on any atom is 0.251 e. The van der Waals surface area contributed by atoms with Crippen molar-refractivity contribution in [3.05, 3.63) is 53.4 Å². The van der Waals surface area contributed by atoms with Gasteiger partial charge in [0.15, 0.2) is 23.0 Å². The molecule has 1 N–H and O–H groups in total. The van der Waals surface area contributed by atoms with Crippen molar-refractivity contribution in [2.75, 3.05) is 40.6 Å². The Hall–Kier alpha value is -3.10. The minimum Gasteiger partial charge on any atom is -0.493 e. The van der Waals surface area contributed by atoms with Crippen LogP contribution in [0, 0.1) is 0 Å². The number of nitrogens with one attached hydrogen (secondary N) is 1. The molecule has 1 atom stereocenters. The lowest BCUT2D eigenvalue weighted by Gasteiger charge is -2.23. The third kappa shape index (κ3) is 4.55. The van der Waals surface area contributed by atoms with E-state index in [9.17, 15) is 4.79 Å². The molecule has 1 aromatic heterocycles. The highest BCUT2D eigenvalue weighted by Gasteiger charge is 2.17. The molecule has 8 heteroatoms. The summed E-state index contributed by atoms with van der Waals surface area (Å²) in [5, 5.41) is 2.87. The number of oxazole rings is 1. The smallest absolute Gasteiger partial charge is 0.251 e. The van der Waals surface area contributed by atoms with Crippen LogP contribution in [0.15, 0.2) is 40.8 Å². The van der Waals surface area contributed by atoms with Crippen molar-refractivity contribution in [3.63, 3.8) is 0 Å². The predicted molar refractivity (Wildman–Crippen MR) is 109 cm³/mol. The summed E-state index contributed by atoms with van der Waals surface area (Å²) in [5.74, 6) is 1.68. The molecule has 0 spiro atoms. The molecule has 0 radical (unpaired) electrons. The average Bonchev–Trinajstić information content (AvgIpc) is 3.19. The van der Waals surface area contributed by atoms with Gasteiger partial charge in [0.2, 0.25) is 0 Å². The van der Waals surface area contributed by atoms with Gasteiger partial charge < -0.3 is 28.7 Å². The first-order valence-electron chi connectivity index (χ1n) is 9.74. The van der Waals surface area contributed by atoms with Crippen LogP contribution in [-0.2, 0) is 15.9 Å². The van der Waals surface area contributed by atoms with Gasteiger partial charge in [0.25, 0.3) is 5.91 Å². The third-order valence-corrected chi connectivity index (χ3v) is 4.87. The van der Waals surface area contributed by atoms with Crippen LogP contribution in [0.5, 0.6) is 11.5 Å². The number of amides is 1. The van der Waals surface area contributed by atoms with Gasteiger partial charge in [-0.3, -0.25) is 4.79 Å². The van der Waals surface area contributed by atoms with Crippen molar-refractivity contribution in [2.45, 2.75) is 12.5 Å². The lowest BCUT2D eigenvalue weighted by Crippen LogP contribution is -2.39. The summed E-state index contributed by atoms with van der Waals surface area (Å²) in [4.78, 5) is 17.0.